The number of thiophene rings is 1. The lowest BCUT2D eigenvalue weighted by atomic mass is 9.92. The highest BCUT2D eigenvalue weighted by Crippen LogP contribution is 2.38. The highest BCUT2D eigenvalue weighted by Gasteiger charge is 2.21. The lowest BCUT2D eigenvalue weighted by Gasteiger charge is -2.17. The van der Waals surface area contributed by atoms with Gasteiger partial charge in [-0.25, -0.2) is 9.97 Å². The summed E-state index contributed by atoms with van der Waals surface area (Å²) < 4.78 is 0. The highest BCUT2D eigenvalue weighted by molar-refractivity contribution is 7.19. The lowest BCUT2D eigenvalue weighted by Crippen LogP contribution is -2.13. The van der Waals surface area contributed by atoms with Crippen LogP contribution in [-0.2, 0) is 19.3 Å². The van der Waals surface area contributed by atoms with Crippen LogP contribution in [0.5, 0.6) is 0 Å². The van der Waals surface area contributed by atoms with Crippen LogP contribution in [0.1, 0.15) is 49.9 Å². The fourth-order valence-electron chi connectivity index (χ4n) is 2.78. The van der Waals surface area contributed by atoms with Crippen LogP contribution in [0.3, 0.4) is 0 Å². The summed E-state index contributed by atoms with van der Waals surface area (Å²) in [5.41, 5.74) is 7.81. The van der Waals surface area contributed by atoms with Gasteiger partial charge in [0.2, 0.25) is 0 Å². The number of fused-ring (bicyclic) bond motifs is 3. The van der Waals surface area contributed by atoms with E-state index in [2.05, 4.69) is 25.8 Å². The smallest absolute Gasteiger partial charge is 0.136 e. The van der Waals surface area contributed by atoms with Crippen LogP contribution in [0.2, 0.25) is 0 Å². The number of aryl methyl sites for hydroxylation is 2. The molecule has 1 aliphatic rings. The zero-order chi connectivity index (χ0) is 13.6. The Kier molecular flexibility index (Phi) is 3.01. The minimum atomic E-state index is 0.191. The number of hydrogen-bond donors (Lipinski definition) is 1. The Balaban J connectivity index is 2.11. The molecule has 0 saturated heterocycles. The van der Waals surface area contributed by atoms with Gasteiger partial charge in [0.05, 0.1) is 5.39 Å². The van der Waals surface area contributed by atoms with E-state index in [0.717, 1.165) is 28.9 Å². The summed E-state index contributed by atoms with van der Waals surface area (Å²) in [5.74, 6) is 1.57. The van der Waals surface area contributed by atoms with E-state index in [1.807, 2.05) is 11.3 Å². The maximum Gasteiger partial charge on any atom is 0.136 e. The van der Waals surface area contributed by atoms with Gasteiger partial charge in [0.15, 0.2) is 0 Å². The SMILES string of the molecule is CC(C)(C)Cc1nc(N)c2c3c(sc2n1)CCCC3. The van der Waals surface area contributed by atoms with Crippen molar-refractivity contribution in [1.82, 2.24) is 9.97 Å². The van der Waals surface area contributed by atoms with E-state index in [4.69, 9.17) is 10.7 Å². The highest BCUT2D eigenvalue weighted by atomic mass is 32.1. The van der Waals surface area contributed by atoms with Crippen LogP contribution in [-0.4, -0.2) is 9.97 Å². The normalized spacial score (nSPS) is 15.7. The Bertz CT molecular complexity index is 622. The van der Waals surface area contributed by atoms with Crippen molar-refractivity contribution in [2.75, 3.05) is 5.73 Å². The van der Waals surface area contributed by atoms with Crippen molar-refractivity contribution in [2.24, 2.45) is 5.41 Å². The summed E-state index contributed by atoms with van der Waals surface area (Å²) in [6, 6.07) is 0. The van der Waals surface area contributed by atoms with Gasteiger partial charge in [-0.1, -0.05) is 20.8 Å². The van der Waals surface area contributed by atoms with E-state index in [-0.39, 0.29) is 5.41 Å². The molecule has 4 heteroatoms. The first-order chi connectivity index (χ1) is 8.94. The van der Waals surface area contributed by atoms with E-state index >= 15 is 0 Å². The average molecular weight is 275 g/mol. The van der Waals surface area contributed by atoms with E-state index in [1.54, 1.807) is 0 Å². The molecule has 3 nitrogen and oxygen atoms in total. The van der Waals surface area contributed by atoms with E-state index in [0.29, 0.717) is 5.82 Å². The van der Waals surface area contributed by atoms with Crippen LogP contribution >= 0.6 is 11.3 Å². The first-order valence-corrected chi connectivity index (χ1v) is 7.82. The van der Waals surface area contributed by atoms with Crippen LogP contribution in [0.4, 0.5) is 5.82 Å². The molecule has 19 heavy (non-hydrogen) atoms. The summed E-state index contributed by atoms with van der Waals surface area (Å²) in [7, 11) is 0. The lowest BCUT2D eigenvalue weighted by molar-refractivity contribution is 0.401. The minimum Gasteiger partial charge on any atom is -0.383 e. The van der Waals surface area contributed by atoms with Crippen LogP contribution in [0.15, 0.2) is 0 Å². The zero-order valence-corrected chi connectivity index (χ0v) is 12.7. The quantitative estimate of drug-likeness (QED) is 0.862. The summed E-state index contributed by atoms with van der Waals surface area (Å²) in [4.78, 5) is 11.9. The molecule has 0 bridgehead atoms. The molecule has 0 fully saturated rings. The van der Waals surface area contributed by atoms with Crippen molar-refractivity contribution in [3.63, 3.8) is 0 Å². The molecule has 2 aromatic rings. The number of nitrogens with zero attached hydrogens (tertiary/aromatic N) is 2. The summed E-state index contributed by atoms with van der Waals surface area (Å²) in [5, 5.41) is 1.14. The standard InChI is InChI=1S/C15H21N3S/c1-15(2,3)8-11-17-13(16)12-9-6-4-5-7-10(9)19-14(12)18-11/h4-8H2,1-3H3,(H2,16,17,18). The number of nitrogen functional groups attached to an aromatic ring is 1. The molecule has 3 rings (SSSR count). The number of nitrogens with two attached hydrogens (primary N) is 1. The van der Waals surface area contributed by atoms with E-state index in [1.165, 1.54) is 29.7 Å². The van der Waals surface area contributed by atoms with Crippen molar-refractivity contribution in [3.05, 3.63) is 16.3 Å². The molecule has 0 aliphatic heterocycles. The molecule has 0 saturated carbocycles. The van der Waals surface area contributed by atoms with Crippen molar-refractivity contribution < 1.29 is 0 Å². The molecular formula is C15H21N3S. The third-order valence-electron chi connectivity index (χ3n) is 3.58. The first kappa shape index (κ1) is 12.9. The molecule has 0 unspecified atom stereocenters. The van der Waals surface area contributed by atoms with Gasteiger partial charge in [0.25, 0.3) is 0 Å². The second-order valence-corrected chi connectivity index (χ2v) is 7.74. The summed E-state index contributed by atoms with van der Waals surface area (Å²) in [6.45, 7) is 6.61. The summed E-state index contributed by atoms with van der Waals surface area (Å²) in [6.07, 6.45) is 5.76. The fourth-order valence-corrected chi connectivity index (χ4v) is 4.07. The Morgan fingerprint density at radius 1 is 1.16 bits per heavy atom. The predicted molar refractivity (Wildman–Crippen MR) is 81.6 cm³/mol. The molecule has 2 N–H and O–H groups in total. The van der Waals surface area contributed by atoms with Gasteiger partial charge in [-0.3, -0.25) is 0 Å². The Morgan fingerprint density at radius 3 is 2.63 bits per heavy atom. The van der Waals surface area contributed by atoms with Crippen molar-refractivity contribution in [2.45, 2.75) is 52.9 Å². The predicted octanol–water partition coefficient (Wildman–Crippen LogP) is 3.74. The maximum absolute atomic E-state index is 6.20. The van der Waals surface area contributed by atoms with Crippen LogP contribution in [0.25, 0.3) is 10.2 Å². The maximum atomic E-state index is 6.20. The minimum absolute atomic E-state index is 0.191. The topological polar surface area (TPSA) is 51.8 Å². The van der Waals surface area contributed by atoms with Gasteiger partial charge in [0, 0.05) is 11.3 Å². The van der Waals surface area contributed by atoms with Crippen molar-refractivity contribution in [1.29, 1.82) is 0 Å². The monoisotopic (exact) mass is 275 g/mol. The van der Waals surface area contributed by atoms with Gasteiger partial charge in [0.1, 0.15) is 16.5 Å². The van der Waals surface area contributed by atoms with Gasteiger partial charge in [-0.15, -0.1) is 11.3 Å². The number of hydrogen-bond acceptors (Lipinski definition) is 4. The van der Waals surface area contributed by atoms with Crippen LogP contribution < -0.4 is 5.73 Å². The fraction of sp³-hybridized carbons (Fsp3) is 0.600. The molecule has 2 aromatic heterocycles. The third kappa shape index (κ3) is 2.46. The first-order valence-electron chi connectivity index (χ1n) is 7.01. The summed E-state index contributed by atoms with van der Waals surface area (Å²) >= 11 is 1.82. The number of anilines is 1. The van der Waals surface area contributed by atoms with Gasteiger partial charge in [-0.05, 0) is 36.7 Å². The Morgan fingerprint density at radius 2 is 1.89 bits per heavy atom. The molecule has 0 atom stereocenters. The van der Waals surface area contributed by atoms with E-state index in [9.17, 15) is 0 Å². The average Bonchev–Trinajstić information content (AvgIpc) is 2.64. The molecule has 0 amide bonds. The Labute approximate surface area is 118 Å². The van der Waals surface area contributed by atoms with Gasteiger partial charge in [-0.2, -0.15) is 0 Å². The number of aromatic nitrogens is 2. The number of rotatable bonds is 1. The van der Waals surface area contributed by atoms with Gasteiger partial charge < -0.3 is 5.73 Å². The van der Waals surface area contributed by atoms with Crippen LogP contribution in [0, 0.1) is 5.41 Å². The third-order valence-corrected chi connectivity index (χ3v) is 4.76. The van der Waals surface area contributed by atoms with Gasteiger partial charge >= 0.3 is 0 Å². The zero-order valence-electron chi connectivity index (χ0n) is 11.9. The largest absolute Gasteiger partial charge is 0.383 e. The molecule has 0 spiro atoms. The second-order valence-electron chi connectivity index (χ2n) is 6.65. The second kappa shape index (κ2) is 4.44. The van der Waals surface area contributed by atoms with Crippen molar-refractivity contribution >= 4 is 27.4 Å². The van der Waals surface area contributed by atoms with Crippen molar-refractivity contribution in [3.8, 4) is 0 Å². The molecule has 0 radical (unpaired) electrons. The Hall–Kier alpha value is -1.16. The molecule has 1 aliphatic carbocycles. The molecule has 0 aromatic carbocycles. The van der Waals surface area contributed by atoms with E-state index < -0.39 is 0 Å². The molecular weight excluding hydrogens is 254 g/mol. The molecule has 2 heterocycles. The molecule has 102 valence electrons.